The summed E-state index contributed by atoms with van der Waals surface area (Å²) in [5, 5.41) is 6.65. The average molecular weight is 466 g/mol. The first-order valence-corrected chi connectivity index (χ1v) is 10.7. The number of amides is 4. The summed E-state index contributed by atoms with van der Waals surface area (Å²) in [7, 11) is 0. The predicted octanol–water partition coefficient (Wildman–Crippen LogP) is 0.484. The van der Waals surface area contributed by atoms with Crippen molar-refractivity contribution in [2.24, 2.45) is 11.7 Å². The smallest absolute Gasteiger partial charge is 0.261 e. The largest absolute Gasteiger partial charge is 0.368 e. The maximum absolute atomic E-state index is 13.9. The lowest BCUT2D eigenvalue weighted by Crippen LogP contribution is -2.60. The molecule has 0 bridgehead atoms. The minimum atomic E-state index is -1.03. The SMILES string of the molecule is NC(=O)C(CC1CCNC1=O)NC(=O)C1CCCNN1C(=O)/C=C/c1ccc(Cl)cc1F. The Labute approximate surface area is 189 Å². The maximum Gasteiger partial charge on any atom is 0.261 e. The maximum atomic E-state index is 13.9. The molecule has 3 rings (SSSR count). The van der Waals surface area contributed by atoms with Crippen LogP contribution < -0.4 is 21.8 Å². The van der Waals surface area contributed by atoms with Crippen LogP contribution in [0.5, 0.6) is 0 Å². The number of primary amides is 1. The van der Waals surface area contributed by atoms with E-state index >= 15 is 0 Å². The van der Waals surface area contributed by atoms with Crippen molar-refractivity contribution >= 4 is 41.3 Å². The Morgan fingerprint density at radius 3 is 2.75 bits per heavy atom. The second kappa shape index (κ2) is 10.6. The number of hydrogen-bond acceptors (Lipinski definition) is 5. The number of rotatable bonds is 7. The van der Waals surface area contributed by atoms with Gasteiger partial charge in [-0.2, -0.15) is 0 Å². The van der Waals surface area contributed by atoms with Crippen molar-refractivity contribution in [3.8, 4) is 0 Å². The van der Waals surface area contributed by atoms with E-state index in [0.29, 0.717) is 32.4 Å². The Bertz CT molecular complexity index is 941. The average Bonchev–Trinajstić information content (AvgIpc) is 3.16. The molecule has 0 radical (unpaired) electrons. The molecule has 172 valence electrons. The van der Waals surface area contributed by atoms with Gasteiger partial charge in [-0.25, -0.2) is 9.82 Å². The van der Waals surface area contributed by atoms with E-state index in [-0.39, 0.29) is 22.9 Å². The van der Waals surface area contributed by atoms with Gasteiger partial charge in [0, 0.05) is 35.7 Å². The Hall–Kier alpha value is -2.98. The molecule has 0 aliphatic carbocycles. The van der Waals surface area contributed by atoms with E-state index in [2.05, 4.69) is 16.1 Å². The fourth-order valence-corrected chi connectivity index (χ4v) is 3.92. The molecule has 1 aromatic carbocycles. The number of nitrogens with one attached hydrogen (secondary N) is 3. The van der Waals surface area contributed by atoms with Crippen LogP contribution in [-0.2, 0) is 19.2 Å². The van der Waals surface area contributed by atoms with E-state index in [1.54, 1.807) is 0 Å². The standard InChI is InChI=1S/C21H25ClFN5O4/c22-14-5-3-12(15(23)11-14)4-6-18(29)28-17(2-1-8-26-28)21(32)27-16(19(24)30)10-13-7-9-25-20(13)31/h3-6,11,13,16-17,26H,1-2,7-10H2,(H2,24,30)(H,25,31)(H,27,32)/b6-4+. The second-order valence-electron chi connectivity index (χ2n) is 7.75. The molecular formula is C21H25ClFN5O4. The number of carbonyl (C=O) groups excluding carboxylic acids is 4. The third kappa shape index (κ3) is 5.83. The number of nitrogens with two attached hydrogens (primary N) is 1. The summed E-state index contributed by atoms with van der Waals surface area (Å²) in [5.41, 5.74) is 8.47. The highest BCUT2D eigenvalue weighted by Gasteiger charge is 2.35. The van der Waals surface area contributed by atoms with Gasteiger partial charge in [0.1, 0.15) is 17.9 Å². The van der Waals surface area contributed by atoms with E-state index in [1.807, 2.05) is 0 Å². The molecule has 2 saturated heterocycles. The van der Waals surface area contributed by atoms with E-state index in [9.17, 15) is 23.6 Å². The van der Waals surface area contributed by atoms with E-state index < -0.39 is 41.5 Å². The molecule has 2 heterocycles. The van der Waals surface area contributed by atoms with Gasteiger partial charge >= 0.3 is 0 Å². The highest BCUT2D eigenvalue weighted by molar-refractivity contribution is 6.30. The second-order valence-corrected chi connectivity index (χ2v) is 8.19. The Balaban J connectivity index is 1.68. The van der Waals surface area contributed by atoms with Crippen LogP contribution in [0.25, 0.3) is 6.08 Å². The van der Waals surface area contributed by atoms with Crippen LogP contribution in [0, 0.1) is 11.7 Å². The summed E-state index contributed by atoms with van der Waals surface area (Å²) in [6.07, 6.45) is 4.09. The van der Waals surface area contributed by atoms with Gasteiger partial charge in [0.2, 0.25) is 17.7 Å². The van der Waals surface area contributed by atoms with Crippen molar-refractivity contribution in [3.63, 3.8) is 0 Å². The van der Waals surface area contributed by atoms with Crippen molar-refractivity contribution < 1.29 is 23.6 Å². The third-order valence-electron chi connectivity index (χ3n) is 5.50. The lowest BCUT2D eigenvalue weighted by Gasteiger charge is -2.35. The quantitative estimate of drug-likeness (QED) is 0.435. The van der Waals surface area contributed by atoms with E-state index in [0.717, 1.165) is 17.2 Å². The van der Waals surface area contributed by atoms with Gasteiger partial charge in [-0.05, 0) is 43.9 Å². The number of halogens is 2. The number of hydrogen-bond donors (Lipinski definition) is 4. The minimum Gasteiger partial charge on any atom is -0.368 e. The minimum absolute atomic E-state index is 0.0940. The van der Waals surface area contributed by atoms with Crippen molar-refractivity contribution in [2.75, 3.05) is 13.1 Å². The summed E-state index contributed by atoms with van der Waals surface area (Å²) in [6.45, 7) is 0.985. The molecule has 2 aliphatic rings. The zero-order valence-corrected chi connectivity index (χ0v) is 18.0. The summed E-state index contributed by atoms with van der Waals surface area (Å²) in [4.78, 5) is 49.3. The zero-order chi connectivity index (χ0) is 23.3. The molecule has 32 heavy (non-hydrogen) atoms. The molecule has 2 fully saturated rings. The first kappa shape index (κ1) is 23.7. The van der Waals surface area contributed by atoms with Gasteiger partial charge in [0.15, 0.2) is 0 Å². The first-order valence-electron chi connectivity index (χ1n) is 10.3. The normalized spacial score (nSPS) is 21.9. The van der Waals surface area contributed by atoms with Crippen LogP contribution in [-0.4, -0.2) is 53.8 Å². The van der Waals surface area contributed by atoms with E-state index in [1.165, 1.54) is 18.2 Å². The van der Waals surface area contributed by atoms with Crippen molar-refractivity contribution in [1.82, 2.24) is 21.1 Å². The van der Waals surface area contributed by atoms with Gasteiger partial charge in [-0.1, -0.05) is 17.7 Å². The topological polar surface area (TPSA) is 134 Å². The van der Waals surface area contributed by atoms with Crippen LogP contribution in [0.15, 0.2) is 24.3 Å². The molecule has 11 heteroatoms. The number of carbonyl (C=O) groups is 4. The molecule has 0 spiro atoms. The monoisotopic (exact) mass is 465 g/mol. The van der Waals surface area contributed by atoms with Crippen LogP contribution in [0.4, 0.5) is 4.39 Å². The lowest BCUT2D eigenvalue weighted by atomic mass is 9.97. The molecule has 2 aliphatic heterocycles. The Morgan fingerprint density at radius 2 is 2.09 bits per heavy atom. The summed E-state index contributed by atoms with van der Waals surface area (Å²) < 4.78 is 13.9. The van der Waals surface area contributed by atoms with Crippen molar-refractivity contribution in [1.29, 1.82) is 0 Å². The molecule has 0 saturated carbocycles. The lowest BCUT2D eigenvalue weighted by molar-refractivity contribution is -0.143. The van der Waals surface area contributed by atoms with Crippen LogP contribution in [0.2, 0.25) is 5.02 Å². The van der Waals surface area contributed by atoms with Crippen molar-refractivity contribution in [2.45, 2.75) is 37.8 Å². The summed E-state index contributed by atoms with van der Waals surface area (Å²) in [6, 6.07) is 2.14. The molecule has 0 aromatic heterocycles. The van der Waals surface area contributed by atoms with Crippen LogP contribution >= 0.6 is 11.6 Å². The Morgan fingerprint density at radius 1 is 1.31 bits per heavy atom. The fourth-order valence-electron chi connectivity index (χ4n) is 3.76. The van der Waals surface area contributed by atoms with E-state index in [4.69, 9.17) is 17.3 Å². The predicted molar refractivity (Wildman–Crippen MR) is 115 cm³/mol. The van der Waals surface area contributed by atoms with Gasteiger partial charge < -0.3 is 16.4 Å². The number of hydrazine groups is 1. The molecule has 3 atom stereocenters. The van der Waals surface area contributed by atoms with Gasteiger partial charge in [-0.3, -0.25) is 24.2 Å². The molecule has 4 amide bonds. The molecule has 1 aromatic rings. The van der Waals surface area contributed by atoms with Crippen molar-refractivity contribution in [3.05, 3.63) is 40.7 Å². The fraction of sp³-hybridized carbons (Fsp3) is 0.429. The number of benzene rings is 1. The Kier molecular flexibility index (Phi) is 7.81. The highest BCUT2D eigenvalue weighted by atomic mass is 35.5. The summed E-state index contributed by atoms with van der Waals surface area (Å²) >= 11 is 5.73. The van der Waals surface area contributed by atoms with Gasteiger partial charge in [-0.15, -0.1) is 0 Å². The molecule has 3 unspecified atom stereocenters. The first-order chi connectivity index (χ1) is 15.3. The van der Waals surface area contributed by atoms with Gasteiger partial charge in [0.25, 0.3) is 5.91 Å². The van der Waals surface area contributed by atoms with Gasteiger partial charge in [0.05, 0.1) is 0 Å². The van der Waals surface area contributed by atoms with Crippen LogP contribution in [0.3, 0.4) is 0 Å². The zero-order valence-electron chi connectivity index (χ0n) is 17.3. The molecular weight excluding hydrogens is 441 g/mol. The van der Waals surface area contributed by atoms with Crippen LogP contribution in [0.1, 0.15) is 31.2 Å². The summed E-state index contributed by atoms with van der Waals surface area (Å²) in [5.74, 6) is -3.03. The highest BCUT2D eigenvalue weighted by Crippen LogP contribution is 2.19. The molecule has 9 nitrogen and oxygen atoms in total. The number of nitrogens with zero attached hydrogens (tertiary/aromatic N) is 1. The third-order valence-corrected chi connectivity index (χ3v) is 5.73. The molecule has 5 N–H and O–H groups in total.